The number of halogens is 1. The van der Waals surface area contributed by atoms with Crippen molar-refractivity contribution < 1.29 is 19.0 Å². The second kappa shape index (κ2) is 8.70. The first-order valence-electron chi connectivity index (χ1n) is 7.90. The van der Waals surface area contributed by atoms with Gasteiger partial charge < -0.3 is 10.1 Å². The summed E-state index contributed by atoms with van der Waals surface area (Å²) < 4.78 is 6.46. The fourth-order valence-corrected chi connectivity index (χ4v) is 3.26. The summed E-state index contributed by atoms with van der Waals surface area (Å²) >= 11 is 7.26. The number of methoxy groups -OCH3 is 1. The van der Waals surface area contributed by atoms with Gasteiger partial charge in [0.05, 0.1) is 23.4 Å². The molecule has 9 heteroatoms. The number of aromatic amines is 1. The molecule has 2 aromatic carbocycles. The number of rotatable bonds is 6. The van der Waals surface area contributed by atoms with E-state index < -0.39 is 5.97 Å². The van der Waals surface area contributed by atoms with Gasteiger partial charge in [0.1, 0.15) is 0 Å². The molecule has 7 nitrogen and oxygen atoms in total. The SMILES string of the molecule is COC(=O)c1cc(NC(=O)CSc2nc[nH][n+]2-c2ccccc2)ccc1Cl. The van der Waals surface area contributed by atoms with Gasteiger partial charge >= 0.3 is 11.1 Å². The van der Waals surface area contributed by atoms with Gasteiger partial charge in [-0.3, -0.25) is 4.79 Å². The number of amides is 1. The van der Waals surface area contributed by atoms with E-state index in [0.717, 1.165) is 5.69 Å². The lowest BCUT2D eigenvalue weighted by Gasteiger charge is -2.07. The van der Waals surface area contributed by atoms with Gasteiger partial charge in [0.25, 0.3) is 0 Å². The van der Waals surface area contributed by atoms with Crippen LogP contribution in [-0.2, 0) is 9.53 Å². The summed E-state index contributed by atoms with van der Waals surface area (Å²) in [5.74, 6) is -0.653. The number of para-hydroxylation sites is 1. The van der Waals surface area contributed by atoms with Crippen LogP contribution in [0, 0.1) is 0 Å². The van der Waals surface area contributed by atoms with Crippen LogP contribution < -0.4 is 10.00 Å². The van der Waals surface area contributed by atoms with Crippen LogP contribution in [0.1, 0.15) is 10.4 Å². The van der Waals surface area contributed by atoms with E-state index in [4.69, 9.17) is 11.6 Å². The zero-order valence-electron chi connectivity index (χ0n) is 14.3. The number of nitrogens with one attached hydrogen (secondary N) is 2. The number of H-pyrrole nitrogens is 1. The highest BCUT2D eigenvalue weighted by atomic mass is 35.5. The quantitative estimate of drug-likeness (QED) is 0.375. The van der Waals surface area contributed by atoms with Gasteiger partial charge in [-0.2, -0.15) is 5.10 Å². The minimum absolute atomic E-state index is 0.147. The lowest BCUT2D eigenvalue weighted by Crippen LogP contribution is -2.35. The Bertz CT molecular complexity index is 962. The Morgan fingerprint density at radius 2 is 2.04 bits per heavy atom. The standard InChI is InChI=1S/C18H15ClN4O3S/c1-26-17(25)14-9-12(7-8-15(14)19)22-16(24)10-27-18-20-11-21-23(18)13-5-3-2-4-6-13/h2-9,11H,10H2,1H3,(H,22,24)/p+1. The van der Waals surface area contributed by atoms with E-state index in [0.29, 0.717) is 10.8 Å². The zero-order valence-corrected chi connectivity index (χ0v) is 15.9. The number of thioether (sulfide) groups is 1. The molecule has 27 heavy (non-hydrogen) atoms. The van der Waals surface area contributed by atoms with Gasteiger partial charge in [-0.15, -0.1) is 4.68 Å². The van der Waals surface area contributed by atoms with E-state index in [1.165, 1.54) is 31.0 Å². The Morgan fingerprint density at radius 1 is 1.26 bits per heavy atom. The average molecular weight is 404 g/mol. The number of anilines is 1. The summed E-state index contributed by atoms with van der Waals surface area (Å²) in [4.78, 5) is 28.2. The first kappa shape index (κ1) is 18.9. The highest BCUT2D eigenvalue weighted by Crippen LogP contribution is 2.22. The molecule has 0 bridgehead atoms. The second-order valence-electron chi connectivity index (χ2n) is 5.36. The van der Waals surface area contributed by atoms with Crippen molar-refractivity contribution in [1.29, 1.82) is 0 Å². The van der Waals surface area contributed by atoms with Crippen LogP contribution in [-0.4, -0.2) is 34.8 Å². The molecule has 2 N–H and O–H groups in total. The molecule has 0 saturated carbocycles. The number of ether oxygens (including phenoxy) is 1. The van der Waals surface area contributed by atoms with Crippen molar-refractivity contribution in [2.45, 2.75) is 5.16 Å². The van der Waals surface area contributed by atoms with Crippen molar-refractivity contribution in [1.82, 2.24) is 10.1 Å². The Labute approximate surface area is 164 Å². The number of benzene rings is 2. The zero-order chi connectivity index (χ0) is 19.2. The predicted molar refractivity (Wildman–Crippen MR) is 102 cm³/mol. The maximum absolute atomic E-state index is 12.3. The summed E-state index contributed by atoms with van der Waals surface area (Å²) in [6.07, 6.45) is 1.56. The third-order valence-corrected chi connectivity index (χ3v) is 4.84. The molecular weight excluding hydrogens is 388 g/mol. The molecule has 0 radical (unpaired) electrons. The van der Waals surface area contributed by atoms with Crippen molar-refractivity contribution in [2.24, 2.45) is 0 Å². The molecule has 0 spiro atoms. The van der Waals surface area contributed by atoms with Gasteiger partial charge in [-0.05, 0) is 47.1 Å². The van der Waals surface area contributed by atoms with E-state index in [-0.39, 0.29) is 22.2 Å². The maximum Gasteiger partial charge on any atom is 0.385 e. The van der Waals surface area contributed by atoms with E-state index >= 15 is 0 Å². The Hall–Kier alpha value is -2.84. The molecule has 0 unspecified atom stereocenters. The molecule has 0 aliphatic heterocycles. The Balaban J connectivity index is 1.65. The van der Waals surface area contributed by atoms with Crippen LogP contribution in [0.15, 0.2) is 60.0 Å². The number of hydrogen-bond acceptors (Lipinski definition) is 5. The van der Waals surface area contributed by atoms with Crippen molar-refractivity contribution >= 4 is 40.9 Å². The summed E-state index contributed by atoms with van der Waals surface area (Å²) in [5.41, 5.74) is 1.57. The minimum Gasteiger partial charge on any atom is -0.465 e. The highest BCUT2D eigenvalue weighted by molar-refractivity contribution is 7.99. The monoisotopic (exact) mass is 403 g/mol. The Kier molecular flexibility index (Phi) is 6.10. The summed E-state index contributed by atoms with van der Waals surface area (Å²) in [7, 11) is 1.27. The van der Waals surface area contributed by atoms with Gasteiger partial charge in [0.15, 0.2) is 5.69 Å². The van der Waals surface area contributed by atoms with Crippen molar-refractivity contribution in [3.05, 3.63) is 65.4 Å². The fraction of sp³-hybridized carbons (Fsp3) is 0.111. The topological polar surface area (TPSA) is 88.0 Å². The van der Waals surface area contributed by atoms with Crippen molar-refractivity contribution in [3.8, 4) is 5.69 Å². The molecule has 0 atom stereocenters. The smallest absolute Gasteiger partial charge is 0.385 e. The van der Waals surface area contributed by atoms with Crippen molar-refractivity contribution in [2.75, 3.05) is 18.2 Å². The molecule has 1 heterocycles. The summed E-state index contributed by atoms with van der Waals surface area (Å²) in [6, 6.07) is 14.3. The third-order valence-electron chi connectivity index (χ3n) is 3.56. The van der Waals surface area contributed by atoms with Crippen LogP contribution in [0.4, 0.5) is 5.69 Å². The van der Waals surface area contributed by atoms with Crippen LogP contribution >= 0.6 is 23.4 Å². The van der Waals surface area contributed by atoms with Crippen LogP contribution in [0.3, 0.4) is 0 Å². The predicted octanol–water partition coefficient (Wildman–Crippen LogP) is 2.86. The highest BCUT2D eigenvalue weighted by Gasteiger charge is 2.19. The van der Waals surface area contributed by atoms with Gasteiger partial charge in [0, 0.05) is 5.69 Å². The lowest BCUT2D eigenvalue weighted by atomic mass is 10.2. The van der Waals surface area contributed by atoms with Crippen LogP contribution in [0.2, 0.25) is 5.02 Å². The molecule has 0 saturated heterocycles. The fourth-order valence-electron chi connectivity index (χ4n) is 2.32. The number of aromatic nitrogens is 3. The lowest BCUT2D eigenvalue weighted by molar-refractivity contribution is -0.694. The van der Waals surface area contributed by atoms with E-state index in [1.807, 2.05) is 30.3 Å². The van der Waals surface area contributed by atoms with Gasteiger partial charge in [-0.25, -0.2) is 4.79 Å². The number of hydrogen-bond donors (Lipinski definition) is 2. The number of esters is 1. The molecule has 0 aliphatic rings. The number of carbonyl (C=O) groups is 2. The molecular formula is C18H16ClN4O3S+. The maximum atomic E-state index is 12.3. The first-order chi connectivity index (χ1) is 13.1. The Morgan fingerprint density at radius 3 is 2.78 bits per heavy atom. The second-order valence-corrected chi connectivity index (χ2v) is 6.71. The van der Waals surface area contributed by atoms with Crippen LogP contribution in [0.5, 0.6) is 0 Å². The number of carbonyl (C=O) groups excluding carboxylic acids is 2. The van der Waals surface area contributed by atoms with Crippen molar-refractivity contribution in [3.63, 3.8) is 0 Å². The van der Waals surface area contributed by atoms with Gasteiger partial charge in [0.2, 0.25) is 12.2 Å². The molecule has 1 aromatic heterocycles. The van der Waals surface area contributed by atoms with Gasteiger partial charge in [-0.1, -0.05) is 29.8 Å². The largest absolute Gasteiger partial charge is 0.465 e. The van der Waals surface area contributed by atoms with Crippen LogP contribution in [0.25, 0.3) is 5.69 Å². The molecule has 3 rings (SSSR count). The normalized spacial score (nSPS) is 10.4. The molecule has 3 aromatic rings. The summed E-state index contributed by atoms with van der Waals surface area (Å²) in [6.45, 7) is 0. The molecule has 0 fully saturated rings. The summed E-state index contributed by atoms with van der Waals surface area (Å²) in [5, 5.41) is 6.67. The number of nitrogens with zero attached hydrogens (tertiary/aromatic N) is 2. The first-order valence-corrected chi connectivity index (χ1v) is 9.26. The molecule has 1 amide bonds. The van der Waals surface area contributed by atoms with E-state index in [9.17, 15) is 9.59 Å². The molecule has 0 aliphatic carbocycles. The van der Waals surface area contributed by atoms with E-state index in [1.54, 1.807) is 17.1 Å². The van der Waals surface area contributed by atoms with E-state index in [2.05, 4.69) is 20.1 Å². The third kappa shape index (κ3) is 4.66. The molecule has 138 valence electrons. The average Bonchev–Trinajstić information content (AvgIpc) is 3.16. The minimum atomic E-state index is -0.564.